The van der Waals surface area contributed by atoms with E-state index in [1.807, 2.05) is 0 Å². The Morgan fingerprint density at radius 1 is 0.857 bits per heavy atom. The Morgan fingerprint density at radius 2 is 1.48 bits per heavy atom. The van der Waals surface area contributed by atoms with E-state index < -0.39 is 0 Å². The normalized spacial score (nSPS) is 18.8. The lowest BCUT2D eigenvalue weighted by Crippen LogP contribution is -2.22. The minimum absolute atomic E-state index is 0.0770. The van der Waals surface area contributed by atoms with Gasteiger partial charge in [0.1, 0.15) is 0 Å². The van der Waals surface area contributed by atoms with Crippen LogP contribution in [0.3, 0.4) is 0 Å². The van der Waals surface area contributed by atoms with Gasteiger partial charge in [-0.1, -0.05) is 56.5 Å². The van der Waals surface area contributed by atoms with E-state index in [9.17, 15) is 4.91 Å². The molecule has 0 spiro atoms. The number of unbranched alkanes of at least 4 members (excludes halogenated alkanes) is 9. The van der Waals surface area contributed by atoms with Crippen molar-refractivity contribution >= 4 is 0 Å². The molecule has 1 aliphatic heterocycles. The summed E-state index contributed by atoms with van der Waals surface area (Å²) in [5, 5.41) is 2.88. The molecular formula is C17H33NO3. The number of hydrogen-bond donors (Lipinski definition) is 0. The third-order valence-electron chi connectivity index (χ3n) is 4.09. The standard InChI is InChI=1S/C17H33NO3/c19-18-14-10-7-5-3-1-2-4-6-8-11-15-20-17-13-9-12-16-21-17/h17H,1-16H2. The van der Waals surface area contributed by atoms with Crippen LogP contribution in [0, 0.1) is 4.91 Å². The molecule has 0 N–H and O–H groups in total. The van der Waals surface area contributed by atoms with Crippen LogP contribution in [-0.4, -0.2) is 26.0 Å². The van der Waals surface area contributed by atoms with Gasteiger partial charge in [-0.25, -0.2) is 0 Å². The van der Waals surface area contributed by atoms with Crippen LogP contribution in [0.25, 0.3) is 0 Å². The molecule has 1 rings (SSSR count). The molecule has 21 heavy (non-hydrogen) atoms. The van der Waals surface area contributed by atoms with Crippen molar-refractivity contribution in [2.75, 3.05) is 19.8 Å². The number of ether oxygens (including phenoxy) is 2. The molecule has 1 atom stereocenters. The first-order valence-electron chi connectivity index (χ1n) is 8.96. The molecule has 0 aromatic rings. The van der Waals surface area contributed by atoms with Gasteiger partial charge in [-0.05, 0) is 32.1 Å². The summed E-state index contributed by atoms with van der Waals surface area (Å²) >= 11 is 0. The smallest absolute Gasteiger partial charge is 0.157 e. The quantitative estimate of drug-likeness (QED) is 0.327. The first kappa shape index (κ1) is 18.6. The average Bonchev–Trinajstić information content (AvgIpc) is 2.53. The highest BCUT2D eigenvalue weighted by atomic mass is 16.7. The summed E-state index contributed by atoms with van der Waals surface area (Å²) in [5.41, 5.74) is 0. The highest BCUT2D eigenvalue weighted by molar-refractivity contribution is 4.54. The second kappa shape index (κ2) is 14.5. The Hall–Kier alpha value is -0.480. The van der Waals surface area contributed by atoms with Crippen molar-refractivity contribution in [2.24, 2.45) is 5.18 Å². The molecule has 4 nitrogen and oxygen atoms in total. The molecule has 1 unspecified atom stereocenters. The zero-order valence-corrected chi connectivity index (χ0v) is 13.6. The number of rotatable bonds is 14. The maximum absolute atomic E-state index is 9.91. The van der Waals surface area contributed by atoms with Crippen LogP contribution in [-0.2, 0) is 9.47 Å². The first-order chi connectivity index (χ1) is 10.4. The third kappa shape index (κ3) is 11.8. The van der Waals surface area contributed by atoms with Crippen molar-refractivity contribution in [1.29, 1.82) is 0 Å². The minimum Gasteiger partial charge on any atom is -0.353 e. The van der Waals surface area contributed by atoms with Gasteiger partial charge in [0.25, 0.3) is 0 Å². The van der Waals surface area contributed by atoms with Gasteiger partial charge in [-0.15, -0.1) is 0 Å². The average molecular weight is 299 g/mol. The maximum atomic E-state index is 9.91. The molecule has 0 amide bonds. The first-order valence-corrected chi connectivity index (χ1v) is 8.96. The fraction of sp³-hybridized carbons (Fsp3) is 1.00. The molecule has 0 bridgehead atoms. The molecule has 1 fully saturated rings. The van der Waals surface area contributed by atoms with Gasteiger partial charge in [0.05, 0.1) is 6.54 Å². The summed E-state index contributed by atoms with van der Waals surface area (Å²) < 4.78 is 11.3. The molecule has 0 aliphatic carbocycles. The van der Waals surface area contributed by atoms with Crippen LogP contribution >= 0.6 is 0 Å². The fourth-order valence-corrected chi connectivity index (χ4v) is 2.75. The Bertz CT molecular complexity index is 230. The van der Waals surface area contributed by atoms with Crippen LogP contribution in [0.15, 0.2) is 5.18 Å². The molecule has 4 heteroatoms. The third-order valence-corrected chi connectivity index (χ3v) is 4.09. The van der Waals surface area contributed by atoms with E-state index in [0.717, 1.165) is 32.5 Å². The molecule has 1 heterocycles. The molecule has 0 aromatic heterocycles. The van der Waals surface area contributed by atoms with Crippen LogP contribution in [0.1, 0.15) is 83.5 Å². The van der Waals surface area contributed by atoms with Gasteiger partial charge in [-0.3, -0.25) is 0 Å². The van der Waals surface area contributed by atoms with Gasteiger partial charge in [0.2, 0.25) is 0 Å². The molecule has 1 aliphatic rings. The van der Waals surface area contributed by atoms with E-state index in [1.165, 1.54) is 64.2 Å². The van der Waals surface area contributed by atoms with Gasteiger partial charge in [-0.2, -0.15) is 4.91 Å². The van der Waals surface area contributed by atoms with Gasteiger partial charge >= 0.3 is 0 Å². The summed E-state index contributed by atoms with van der Waals surface area (Å²) in [4.78, 5) is 9.91. The molecule has 0 radical (unpaired) electrons. The number of nitroso groups, excluding NO2 is 1. The Balaban J connectivity index is 1.69. The minimum atomic E-state index is 0.0770. The summed E-state index contributed by atoms with van der Waals surface area (Å²) in [7, 11) is 0. The molecule has 0 saturated carbocycles. The number of hydrogen-bond acceptors (Lipinski definition) is 4. The fourth-order valence-electron chi connectivity index (χ4n) is 2.75. The molecule has 1 saturated heterocycles. The molecule has 124 valence electrons. The van der Waals surface area contributed by atoms with E-state index in [1.54, 1.807) is 0 Å². The Kier molecular flexibility index (Phi) is 12.8. The second-order valence-electron chi connectivity index (χ2n) is 6.06. The number of nitrogens with zero attached hydrogens (tertiary/aromatic N) is 1. The van der Waals surface area contributed by atoms with Gasteiger partial charge in [0, 0.05) is 13.2 Å². The van der Waals surface area contributed by atoms with Gasteiger partial charge < -0.3 is 9.47 Å². The highest BCUT2D eigenvalue weighted by Crippen LogP contribution is 2.15. The predicted octanol–water partition coefficient (Wildman–Crippen LogP) is 5.20. The van der Waals surface area contributed by atoms with Crippen molar-refractivity contribution in [3.63, 3.8) is 0 Å². The summed E-state index contributed by atoms with van der Waals surface area (Å²) in [5.74, 6) is 0. The zero-order valence-electron chi connectivity index (χ0n) is 13.6. The summed E-state index contributed by atoms with van der Waals surface area (Å²) in [6.45, 7) is 2.22. The van der Waals surface area contributed by atoms with Crippen molar-refractivity contribution in [3.05, 3.63) is 4.91 Å². The molecule has 0 aromatic carbocycles. The van der Waals surface area contributed by atoms with Crippen molar-refractivity contribution in [3.8, 4) is 0 Å². The van der Waals surface area contributed by atoms with Crippen molar-refractivity contribution in [1.82, 2.24) is 0 Å². The van der Waals surface area contributed by atoms with E-state index in [4.69, 9.17) is 9.47 Å². The summed E-state index contributed by atoms with van der Waals surface area (Å²) in [6.07, 6.45) is 16.1. The van der Waals surface area contributed by atoms with E-state index in [0.29, 0.717) is 6.54 Å². The maximum Gasteiger partial charge on any atom is 0.157 e. The predicted molar refractivity (Wildman–Crippen MR) is 86.4 cm³/mol. The Morgan fingerprint density at radius 3 is 2.05 bits per heavy atom. The lowest BCUT2D eigenvalue weighted by Gasteiger charge is -2.22. The highest BCUT2D eigenvalue weighted by Gasteiger charge is 2.13. The van der Waals surface area contributed by atoms with Crippen molar-refractivity contribution < 1.29 is 9.47 Å². The Labute approximate surface area is 129 Å². The van der Waals surface area contributed by atoms with Crippen LogP contribution in [0.2, 0.25) is 0 Å². The van der Waals surface area contributed by atoms with Crippen LogP contribution in [0.4, 0.5) is 0 Å². The largest absolute Gasteiger partial charge is 0.353 e. The van der Waals surface area contributed by atoms with E-state index in [2.05, 4.69) is 5.18 Å². The van der Waals surface area contributed by atoms with Crippen LogP contribution < -0.4 is 0 Å². The lowest BCUT2D eigenvalue weighted by atomic mass is 10.1. The monoisotopic (exact) mass is 299 g/mol. The molecular weight excluding hydrogens is 266 g/mol. The van der Waals surface area contributed by atoms with Crippen molar-refractivity contribution in [2.45, 2.75) is 89.8 Å². The van der Waals surface area contributed by atoms with Crippen LogP contribution in [0.5, 0.6) is 0 Å². The lowest BCUT2D eigenvalue weighted by molar-refractivity contribution is -0.162. The second-order valence-corrected chi connectivity index (χ2v) is 6.06. The van der Waals surface area contributed by atoms with E-state index in [-0.39, 0.29) is 6.29 Å². The van der Waals surface area contributed by atoms with E-state index >= 15 is 0 Å². The zero-order chi connectivity index (χ0) is 15.0. The summed E-state index contributed by atoms with van der Waals surface area (Å²) in [6, 6.07) is 0. The topological polar surface area (TPSA) is 47.9 Å². The van der Waals surface area contributed by atoms with Gasteiger partial charge in [0.15, 0.2) is 6.29 Å². The SMILES string of the molecule is O=NCCCCCCCCCCCCOC1CCCCO1.